The lowest BCUT2D eigenvalue weighted by atomic mass is 10.1. The van der Waals surface area contributed by atoms with Crippen molar-refractivity contribution in [2.75, 3.05) is 13.2 Å². The normalized spacial score (nSPS) is 10.4. The molecule has 15 heavy (non-hydrogen) atoms. The topological polar surface area (TPSA) is 38.3 Å². The van der Waals surface area contributed by atoms with Crippen LogP contribution in [0.3, 0.4) is 0 Å². The molecule has 1 N–H and O–H groups in total. The first-order valence-corrected chi connectivity index (χ1v) is 6.07. The van der Waals surface area contributed by atoms with E-state index in [9.17, 15) is 4.79 Å². The largest absolute Gasteiger partial charge is 0.449 e. The van der Waals surface area contributed by atoms with Crippen LogP contribution in [-0.4, -0.2) is 19.2 Å². The molecule has 0 atom stereocenters. The summed E-state index contributed by atoms with van der Waals surface area (Å²) in [6.45, 7) is 7.49. The summed E-state index contributed by atoms with van der Waals surface area (Å²) in [6.07, 6.45) is 5.77. The summed E-state index contributed by atoms with van der Waals surface area (Å²) in [4.78, 5) is 11.1. The first-order chi connectivity index (χ1) is 7.16. The summed E-state index contributed by atoms with van der Waals surface area (Å²) in [6, 6.07) is 0. The molecule has 0 aromatic carbocycles. The van der Waals surface area contributed by atoms with E-state index >= 15 is 0 Å². The second kappa shape index (κ2) is 9.81. The van der Waals surface area contributed by atoms with Crippen molar-refractivity contribution >= 4 is 6.09 Å². The Labute approximate surface area is 93.6 Å². The molecule has 0 spiro atoms. The van der Waals surface area contributed by atoms with Gasteiger partial charge in [0.25, 0.3) is 0 Å². The van der Waals surface area contributed by atoms with Gasteiger partial charge in [-0.25, -0.2) is 4.79 Å². The number of hydrogen-bond acceptors (Lipinski definition) is 2. The minimum absolute atomic E-state index is 0.279. The van der Waals surface area contributed by atoms with E-state index in [1.165, 1.54) is 25.7 Å². The summed E-state index contributed by atoms with van der Waals surface area (Å²) in [5.41, 5.74) is 0. The summed E-state index contributed by atoms with van der Waals surface area (Å²) >= 11 is 0. The van der Waals surface area contributed by atoms with Gasteiger partial charge in [-0.05, 0) is 12.3 Å². The van der Waals surface area contributed by atoms with Crippen LogP contribution >= 0.6 is 0 Å². The number of alkyl carbamates (subject to hydrolysis) is 1. The second-order valence-electron chi connectivity index (χ2n) is 4.33. The highest BCUT2D eigenvalue weighted by Crippen LogP contribution is 2.01. The van der Waals surface area contributed by atoms with Gasteiger partial charge in [0.15, 0.2) is 0 Å². The van der Waals surface area contributed by atoms with Crippen LogP contribution in [-0.2, 0) is 4.74 Å². The third-order valence-corrected chi connectivity index (χ3v) is 2.10. The van der Waals surface area contributed by atoms with Gasteiger partial charge in [0, 0.05) is 6.54 Å². The van der Waals surface area contributed by atoms with Crippen LogP contribution in [0.1, 0.15) is 52.9 Å². The molecule has 0 rings (SSSR count). The van der Waals surface area contributed by atoms with Crippen LogP contribution in [0.25, 0.3) is 0 Å². The van der Waals surface area contributed by atoms with Crippen molar-refractivity contribution in [1.29, 1.82) is 0 Å². The Balaban J connectivity index is 3.17. The maximum absolute atomic E-state index is 11.1. The van der Waals surface area contributed by atoms with Gasteiger partial charge in [0.1, 0.15) is 0 Å². The Morgan fingerprint density at radius 1 is 1.20 bits per heavy atom. The molecule has 1 amide bonds. The van der Waals surface area contributed by atoms with E-state index in [0.29, 0.717) is 12.5 Å². The Hall–Kier alpha value is -0.730. The molecule has 0 aliphatic rings. The average Bonchev–Trinajstić information content (AvgIpc) is 2.20. The highest BCUT2D eigenvalue weighted by molar-refractivity contribution is 5.66. The number of hydrogen-bond donors (Lipinski definition) is 1. The third-order valence-electron chi connectivity index (χ3n) is 2.10. The molecule has 0 saturated heterocycles. The van der Waals surface area contributed by atoms with Crippen LogP contribution in [0, 0.1) is 5.92 Å². The van der Waals surface area contributed by atoms with Crippen molar-refractivity contribution < 1.29 is 9.53 Å². The maximum Gasteiger partial charge on any atom is 0.407 e. The van der Waals surface area contributed by atoms with E-state index in [4.69, 9.17) is 4.74 Å². The Morgan fingerprint density at radius 3 is 2.47 bits per heavy atom. The number of unbranched alkanes of at least 4 members (excludes halogenated alkanes) is 4. The monoisotopic (exact) mass is 215 g/mol. The van der Waals surface area contributed by atoms with Crippen LogP contribution in [0.4, 0.5) is 4.79 Å². The van der Waals surface area contributed by atoms with E-state index in [-0.39, 0.29) is 6.09 Å². The quantitative estimate of drug-likeness (QED) is 0.631. The first kappa shape index (κ1) is 14.3. The standard InChI is InChI=1S/C12H25NO2/c1-4-5-6-7-8-9-13-12(14)15-10-11(2)3/h11H,4-10H2,1-3H3,(H,13,14). The van der Waals surface area contributed by atoms with Gasteiger partial charge < -0.3 is 10.1 Å². The number of rotatable bonds is 8. The van der Waals surface area contributed by atoms with Gasteiger partial charge in [-0.15, -0.1) is 0 Å². The van der Waals surface area contributed by atoms with E-state index in [1.807, 2.05) is 13.8 Å². The summed E-state index contributed by atoms with van der Waals surface area (Å²) in [5.74, 6) is 0.403. The van der Waals surface area contributed by atoms with Gasteiger partial charge in [-0.2, -0.15) is 0 Å². The summed E-state index contributed by atoms with van der Waals surface area (Å²) in [7, 11) is 0. The van der Waals surface area contributed by atoms with Gasteiger partial charge in [0.05, 0.1) is 6.61 Å². The first-order valence-electron chi connectivity index (χ1n) is 6.07. The Kier molecular flexibility index (Phi) is 9.33. The third kappa shape index (κ3) is 11.2. The van der Waals surface area contributed by atoms with Crippen LogP contribution < -0.4 is 5.32 Å². The predicted octanol–water partition coefficient (Wildman–Crippen LogP) is 3.34. The molecule has 0 fully saturated rings. The van der Waals surface area contributed by atoms with Crippen molar-refractivity contribution in [3.8, 4) is 0 Å². The number of carbonyl (C=O) groups excluding carboxylic acids is 1. The Bertz CT molecular complexity index is 158. The van der Waals surface area contributed by atoms with E-state index in [1.54, 1.807) is 0 Å². The molecular weight excluding hydrogens is 190 g/mol. The van der Waals surface area contributed by atoms with Crippen molar-refractivity contribution in [2.24, 2.45) is 5.92 Å². The smallest absolute Gasteiger partial charge is 0.407 e. The predicted molar refractivity (Wildman–Crippen MR) is 62.9 cm³/mol. The number of ether oxygens (including phenoxy) is 1. The van der Waals surface area contributed by atoms with E-state index in [0.717, 1.165) is 13.0 Å². The minimum Gasteiger partial charge on any atom is -0.449 e. The van der Waals surface area contributed by atoms with Gasteiger partial charge in [-0.1, -0.05) is 46.5 Å². The van der Waals surface area contributed by atoms with Gasteiger partial charge >= 0.3 is 6.09 Å². The lowest BCUT2D eigenvalue weighted by molar-refractivity contribution is 0.133. The van der Waals surface area contributed by atoms with Crippen LogP contribution in [0.15, 0.2) is 0 Å². The van der Waals surface area contributed by atoms with E-state index < -0.39 is 0 Å². The molecule has 0 radical (unpaired) electrons. The lowest BCUT2D eigenvalue weighted by Gasteiger charge is -2.08. The fraction of sp³-hybridized carbons (Fsp3) is 0.917. The zero-order valence-electron chi connectivity index (χ0n) is 10.3. The number of carbonyl (C=O) groups is 1. The maximum atomic E-state index is 11.1. The summed E-state index contributed by atoms with van der Waals surface area (Å²) in [5, 5.41) is 2.75. The van der Waals surface area contributed by atoms with Gasteiger partial charge in [-0.3, -0.25) is 0 Å². The van der Waals surface area contributed by atoms with Crippen molar-refractivity contribution in [1.82, 2.24) is 5.32 Å². The molecule has 0 saturated carbocycles. The van der Waals surface area contributed by atoms with Crippen LogP contribution in [0.2, 0.25) is 0 Å². The molecule has 0 aromatic rings. The number of amides is 1. The van der Waals surface area contributed by atoms with Crippen molar-refractivity contribution in [3.05, 3.63) is 0 Å². The molecule has 0 bridgehead atoms. The molecule has 0 aromatic heterocycles. The van der Waals surface area contributed by atoms with Crippen molar-refractivity contribution in [3.63, 3.8) is 0 Å². The molecule has 3 nitrogen and oxygen atoms in total. The SMILES string of the molecule is CCCCCCCNC(=O)OCC(C)C. The molecule has 0 heterocycles. The molecule has 3 heteroatoms. The minimum atomic E-state index is -0.279. The molecule has 0 aliphatic heterocycles. The van der Waals surface area contributed by atoms with E-state index in [2.05, 4.69) is 12.2 Å². The molecular formula is C12H25NO2. The average molecular weight is 215 g/mol. The lowest BCUT2D eigenvalue weighted by Crippen LogP contribution is -2.26. The zero-order chi connectivity index (χ0) is 11.5. The number of nitrogens with one attached hydrogen (secondary N) is 1. The molecule has 0 aliphatic carbocycles. The van der Waals surface area contributed by atoms with Crippen molar-refractivity contribution in [2.45, 2.75) is 52.9 Å². The van der Waals surface area contributed by atoms with Gasteiger partial charge in [0.2, 0.25) is 0 Å². The fourth-order valence-electron chi connectivity index (χ4n) is 1.21. The molecule has 90 valence electrons. The zero-order valence-corrected chi connectivity index (χ0v) is 10.3. The molecule has 0 unspecified atom stereocenters. The highest BCUT2D eigenvalue weighted by Gasteiger charge is 2.01. The fourth-order valence-corrected chi connectivity index (χ4v) is 1.21. The van der Waals surface area contributed by atoms with Crippen LogP contribution in [0.5, 0.6) is 0 Å². The second-order valence-corrected chi connectivity index (χ2v) is 4.33. The Morgan fingerprint density at radius 2 is 1.87 bits per heavy atom. The highest BCUT2D eigenvalue weighted by atomic mass is 16.5. The summed E-state index contributed by atoms with van der Waals surface area (Å²) < 4.78 is 4.98.